The highest BCUT2D eigenvalue weighted by Crippen LogP contribution is 2.49. The molecule has 5 rings (SSSR count). The molecule has 0 saturated heterocycles. The molecule has 0 fully saturated rings. The molecule has 14 heteroatoms. The SMILES string of the molecule is Cc1cc(NC(=O)N2C[C@](C)(C(F)(F)F)c3c2cnc2cc(F)nn32)cnc1-n1nccn1. The van der Waals surface area contributed by atoms with Crippen molar-refractivity contribution in [2.75, 3.05) is 16.8 Å². The average molecular weight is 461 g/mol. The Bertz CT molecular complexity index is 1380. The van der Waals surface area contributed by atoms with Crippen LogP contribution in [0.4, 0.5) is 33.7 Å². The first kappa shape index (κ1) is 20.8. The molecule has 0 unspecified atom stereocenters. The first-order chi connectivity index (χ1) is 15.6. The van der Waals surface area contributed by atoms with Gasteiger partial charge in [-0.3, -0.25) is 4.90 Å². The highest BCUT2D eigenvalue weighted by atomic mass is 19.4. The first-order valence-electron chi connectivity index (χ1n) is 9.62. The zero-order valence-corrected chi connectivity index (χ0v) is 17.2. The van der Waals surface area contributed by atoms with Gasteiger partial charge in [0.2, 0.25) is 5.95 Å². The van der Waals surface area contributed by atoms with Crippen molar-refractivity contribution < 1.29 is 22.4 Å². The molecule has 1 aliphatic rings. The quantitative estimate of drug-likeness (QED) is 0.460. The molecule has 0 aliphatic carbocycles. The molecule has 1 N–H and O–H groups in total. The number of carbonyl (C=O) groups is 1. The number of rotatable bonds is 2. The third kappa shape index (κ3) is 3.16. The molecule has 0 bridgehead atoms. The summed E-state index contributed by atoms with van der Waals surface area (Å²) in [6.45, 7) is 1.93. The summed E-state index contributed by atoms with van der Waals surface area (Å²) < 4.78 is 56.8. The second-order valence-electron chi connectivity index (χ2n) is 7.76. The minimum Gasteiger partial charge on any atom is -0.306 e. The van der Waals surface area contributed by atoms with Crippen LogP contribution in [0.1, 0.15) is 18.2 Å². The smallest absolute Gasteiger partial charge is 0.306 e. The zero-order chi connectivity index (χ0) is 23.5. The lowest BCUT2D eigenvalue weighted by molar-refractivity contribution is -0.181. The second kappa shape index (κ2) is 6.95. The Kier molecular flexibility index (Phi) is 4.38. The van der Waals surface area contributed by atoms with E-state index in [4.69, 9.17) is 0 Å². The summed E-state index contributed by atoms with van der Waals surface area (Å²) in [5, 5.41) is 14.1. The third-order valence-corrected chi connectivity index (χ3v) is 5.50. The standard InChI is InChI=1S/C19H15F4N9O/c1-10-5-11(7-25-16(10)32-26-3-4-27-32)28-17(33)30-9-18(2,19(21,22)23)15-12(30)8-24-14-6-13(20)29-31(14)15/h3-8H,9H2,1-2H3,(H,28,33)/t18-/m0/s1. The number of alkyl halides is 3. The van der Waals surface area contributed by atoms with Crippen LogP contribution < -0.4 is 10.2 Å². The van der Waals surface area contributed by atoms with Gasteiger partial charge in [0.25, 0.3) is 0 Å². The number of hydrogen-bond acceptors (Lipinski definition) is 6. The Hall–Kier alpha value is -4.10. The van der Waals surface area contributed by atoms with E-state index in [1.807, 2.05) is 0 Å². The van der Waals surface area contributed by atoms with Crippen LogP contribution in [0.25, 0.3) is 11.5 Å². The second-order valence-corrected chi connectivity index (χ2v) is 7.76. The van der Waals surface area contributed by atoms with Crippen LogP contribution in [0.3, 0.4) is 0 Å². The summed E-state index contributed by atoms with van der Waals surface area (Å²) >= 11 is 0. The van der Waals surface area contributed by atoms with Crippen LogP contribution in [-0.4, -0.2) is 53.3 Å². The maximum atomic E-state index is 14.1. The Morgan fingerprint density at radius 3 is 2.55 bits per heavy atom. The largest absolute Gasteiger partial charge is 0.401 e. The van der Waals surface area contributed by atoms with Gasteiger partial charge in [-0.2, -0.15) is 27.8 Å². The fourth-order valence-corrected chi connectivity index (χ4v) is 3.85. The topological polar surface area (TPSA) is 106 Å². The van der Waals surface area contributed by atoms with E-state index in [1.165, 1.54) is 23.4 Å². The van der Waals surface area contributed by atoms with Gasteiger partial charge in [0.15, 0.2) is 11.5 Å². The first-order valence-corrected chi connectivity index (χ1v) is 9.62. The molecule has 10 nitrogen and oxygen atoms in total. The Labute approximate surface area is 182 Å². The Morgan fingerprint density at radius 2 is 1.88 bits per heavy atom. The number of nitrogens with one attached hydrogen (secondary N) is 1. The molecule has 170 valence electrons. The maximum absolute atomic E-state index is 14.1. The number of nitrogens with zero attached hydrogens (tertiary/aromatic N) is 8. The number of hydrogen-bond donors (Lipinski definition) is 1. The predicted molar refractivity (Wildman–Crippen MR) is 107 cm³/mol. The molecule has 2 amide bonds. The Morgan fingerprint density at radius 1 is 1.15 bits per heavy atom. The van der Waals surface area contributed by atoms with Crippen LogP contribution in [0.5, 0.6) is 0 Å². The number of halogens is 4. The number of urea groups is 1. The molecule has 0 aromatic carbocycles. The normalized spacial score (nSPS) is 18.1. The van der Waals surface area contributed by atoms with E-state index in [-0.39, 0.29) is 22.7 Å². The van der Waals surface area contributed by atoms with E-state index < -0.39 is 30.1 Å². The summed E-state index contributed by atoms with van der Waals surface area (Å²) in [6, 6.07) is 1.68. The van der Waals surface area contributed by atoms with Crippen molar-refractivity contribution in [3.63, 3.8) is 0 Å². The highest BCUT2D eigenvalue weighted by Gasteiger charge is 2.60. The molecule has 33 heavy (non-hydrogen) atoms. The molecule has 4 aromatic rings. The van der Waals surface area contributed by atoms with E-state index in [2.05, 4.69) is 30.6 Å². The lowest BCUT2D eigenvalue weighted by Gasteiger charge is -2.28. The molecule has 1 aliphatic heterocycles. The summed E-state index contributed by atoms with van der Waals surface area (Å²) in [4.78, 5) is 23.4. The van der Waals surface area contributed by atoms with Crippen molar-refractivity contribution in [2.45, 2.75) is 25.4 Å². The molecular formula is C19H15F4N9O. The van der Waals surface area contributed by atoms with E-state index in [0.717, 1.165) is 28.6 Å². The van der Waals surface area contributed by atoms with Crippen LogP contribution in [0.15, 0.2) is 36.9 Å². The molecule has 0 saturated carbocycles. The predicted octanol–water partition coefficient (Wildman–Crippen LogP) is 3.02. The maximum Gasteiger partial charge on any atom is 0.401 e. The molecule has 1 atom stereocenters. The monoisotopic (exact) mass is 461 g/mol. The van der Waals surface area contributed by atoms with Crippen LogP contribution in [-0.2, 0) is 5.41 Å². The minimum absolute atomic E-state index is 0.0911. The minimum atomic E-state index is -4.75. The van der Waals surface area contributed by atoms with Gasteiger partial charge in [-0.25, -0.2) is 19.3 Å². The molecule has 4 aromatic heterocycles. The van der Waals surface area contributed by atoms with E-state index in [0.29, 0.717) is 11.4 Å². The van der Waals surface area contributed by atoms with Gasteiger partial charge in [-0.15, -0.1) is 9.90 Å². The van der Waals surface area contributed by atoms with Crippen molar-refractivity contribution in [1.82, 2.24) is 34.6 Å². The van der Waals surface area contributed by atoms with E-state index in [1.54, 1.807) is 13.0 Å². The van der Waals surface area contributed by atoms with Gasteiger partial charge in [0.05, 0.1) is 41.9 Å². The molecule has 5 heterocycles. The van der Waals surface area contributed by atoms with Gasteiger partial charge in [0.1, 0.15) is 5.41 Å². The number of fused-ring (bicyclic) bond motifs is 3. The van der Waals surface area contributed by atoms with E-state index >= 15 is 0 Å². The summed E-state index contributed by atoms with van der Waals surface area (Å²) in [6.07, 6.45) is 0.668. The molecular weight excluding hydrogens is 446 g/mol. The fraction of sp³-hybridized carbons (Fsp3) is 0.263. The van der Waals surface area contributed by atoms with Crippen molar-refractivity contribution in [3.8, 4) is 5.82 Å². The number of carbonyl (C=O) groups excluding carboxylic acids is 1. The van der Waals surface area contributed by atoms with Crippen LogP contribution in [0.2, 0.25) is 0 Å². The number of amides is 2. The van der Waals surface area contributed by atoms with Crippen molar-refractivity contribution in [1.29, 1.82) is 0 Å². The highest BCUT2D eigenvalue weighted by molar-refractivity contribution is 6.03. The molecule has 0 radical (unpaired) electrons. The Balaban J connectivity index is 1.51. The summed E-state index contributed by atoms with van der Waals surface area (Å²) in [5.74, 6) is -0.543. The van der Waals surface area contributed by atoms with Crippen LogP contribution in [0, 0.1) is 12.9 Å². The third-order valence-electron chi connectivity index (χ3n) is 5.50. The number of pyridine rings is 1. The lowest BCUT2D eigenvalue weighted by atomic mass is 9.88. The number of aromatic nitrogens is 7. The zero-order valence-electron chi connectivity index (χ0n) is 17.2. The molecule has 0 spiro atoms. The van der Waals surface area contributed by atoms with E-state index in [9.17, 15) is 22.4 Å². The van der Waals surface area contributed by atoms with Gasteiger partial charge < -0.3 is 5.32 Å². The van der Waals surface area contributed by atoms with Gasteiger partial charge in [-0.05, 0) is 25.5 Å². The number of aryl methyl sites for hydroxylation is 1. The summed E-state index contributed by atoms with van der Waals surface area (Å²) in [5.41, 5.74) is -2.19. The van der Waals surface area contributed by atoms with Gasteiger partial charge in [0, 0.05) is 12.6 Å². The van der Waals surface area contributed by atoms with Crippen molar-refractivity contribution in [2.24, 2.45) is 0 Å². The summed E-state index contributed by atoms with van der Waals surface area (Å²) in [7, 11) is 0. The van der Waals surface area contributed by atoms with Gasteiger partial charge >= 0.3 is 12.2 Å². The number of anilines is 2. The van der Waals surface area contributed by atoms with Crippen LogP contribution >= 0.6 is 0 Å². The lowest BCUT2D eigenvalue weighted by Crippen LogP contribution is -2.46. The fourth-order valence-electron chi connectivity index (χ4n) is 3.85. The van der Waals surface area contributed by atoms with Crippen molar-refractivity contribution >= 4 is 23.1 Å². The average Bonchev–Trinajstić information content (AvgIpc) is 3.45. The van der Waals surface area contributed by atoms with Gasteiger partial charge in [-0.1, -0.05) is 0 Å². The van der Waals surface area contributed by atoms with Crippen molar-refractivity contribution in [3.05, 3.63) is 54.1 Å².